The van der Waals surface area contributed by atoms with E-state index in [2.05, 4.69) is 10.2 Å². The Morgan fingerprint density at radius 3 is 3.00 bits per heavy atom. The Kier molecular flexibility index (Phi) is 1.83. The van der Waals surface area contributed by atoms with Crippen molar-refractivity contribution in [2.75, 3.05) is 0 Å². The minimum Gasteiger partial charge on any atom is -0.306 e. The molecule has 0 saturated heterocycles. The summed E-state index contributed by atoms with van der Waals surface area (Å²) in [4.78, 5) is 0. The van der Waals surface area contributed by atoms with Crippen LogP contribution in [0.5, 0.6) is 0 Å². The normalized spacial score (nSPS) is 9.20. The lowest BCUT2D eigenvalue weighted by Gasteiger charge is -1.89. The number of nitrogens with one attached hydrogen (secondary N) is 1. The zero-order chi connectivity index (χ0) is 7.56. The van der Waals surface area contributed by atoms with Gasteiger partial charge in [0, 0.05) is 7.05 Å². The maximum absolute atomic E-state index is 8.30. The molecule has 10 heavy (non-hydrogen) atoms. The van der Waals surface area contributed by atoms with Crippen molar-refractivity contribution in [2.45, 2.75) is 6.42 Å². The first-order valence-corrected chi connectivity index (χ1v) is 3.13. The highest BCUT2D eigenvalue weighted by molar-refractivity contribution is 7.71. The molecule has 0 aliphatic heterocycles. The zero-order valence-corrected chi connectivity index (χ0v) is 6.27. The number of H-pyrrole nitrogens is 1. The lowest BCUT2D eigenvalue weighted by molar-refractivity contribution is 0.824. The van der Waals surface area contributed by atoms with Gasteiger partial charge in [0.2, 0.25) is 0 Å². The lowest BCUT2D eigenvalue weighted by atomic mass is 10.4. The molecular weight excluding hydrogens is 148 g/mol. The van der Waals surface area contributed by atoms with Crippen LogP contribution in [0.15, 0.2) is 0 Å². The highest BCUT2D eigenvalue weighted by Crippen LogP contribution is 1.93. The highest BCUT2D eigenvalue weighted by atomic mass is 32.1. The van der Waals surface area contributed by atoms with E-state index >= 15 is 0 Å². The first kappa shape index (κ1) is 6.96. The molecule has 0 unspecified atom stereocenters. The Labute approximate surface area is 63.1 Å². The van der Waals surface area contributed by atoms with Crippen molar-refractivity contribution >= 4 is 12.2 Å². The van der Waals surface area contributed by atoms with E-state index < -0.39 is 0 Å². The molecule has 1 aromatic rings. The van der Waals surface area contributed by atoms with Gasteiger partial charge in [-0.1, -0.05) is 0 Å². The summed E-state index contributed by atoms with van der Waals surface area (Å²) in [6.07, 6.45) is 0.295. The van der Waals surface area contributed by atoms with Crippen LogP contribution >= 0.6 is 12.2 Å². The first-order valence-electron chi connectivity index (χ1n) is 2.73. The summed E-state index contributed by atoms with van der Waals surface area (Å²) in [7, 11) is 1.78. The quantitative estimate of drug-likeness (QED) is 0.601. The van der Waals surface area contributed by atoms with Crippen LogP contribution < -0.4 is 0 Å². The van der Waals surface area contributed by atoms with Gasteiger partial charge in [-0.15, -0.1) is 0 Å². The van der Waals surface area contributed by atoms with Crippen LogP contribution in [0.2, 0.25) is 0 Å². The van der Waals surface area contributed by atoms with Gasteiger partial charge in [-0.05, 0) is 12.2 Å². The molecule has 0 spiro atoms. The SMILES string of the molecule is Cn1c(CC#N)n[nH]c1=S. The van der Waals surface area contributed by atoms with Gasteiger partial charge in [-0.25, -0.2) is 0 Å². The van der Waals surface area contributed by atoms with Gasteiger partial charge in [0.15, 0.2) is 4.77 Å². The monoisotopic (exact) mass is 154 g/mol. The lowest BCUT2D eigenvalue weighted by Crippen LogP contribution is -1.95. The number of aromatic amines is 1. The molecular formula is C5H6N4S. The average molecular weight is 154 g/mol. The fourth-order valence-corrected chi connectivity index (χ4v) is 0.759. The Morgan fingerprint density at radius 1 is 1.90 bits per heavy atom. The van der Waals surface area contributed by atoms with Crippen LogP contribution in [0.1, 0.15) is 5.82 Å². The third-order valence-corrected chi connectivity index (χ3v) is 1.57. The Morgan fingerprint density at radius 2 is 2.60 bits per heavy atom. The summed E-state index contributed by atoms with van der Waals surface area (Å²) in [6, 6.07) is 1.99. The number of rotatable bonds is 1. The van der Waals surface area contributed by atoms with Crippen LogP contribution in [0.25, 0.3) is 0 Å². The van der Waals surface area contributed by atoms with E-state index in [0.717, 1.165) is 0 Å². The highest BCUT2D eigenvalue weighted by Gasteiger charge is 1.98. The van der Waals surface area contributed by atoms with Crippen LogP contribution in [0.3, 0.4) is 0 Å². The van der Waals surface area contributed by atoms with Crippen molar-refractivity contribution < 1.29 is 0 Å². The Balaban J connectivity index is 3.08. The predicted molar refractivity (Wildman–Crippen MR) is 37.7 cm³/mol. The molecule has 0 atom stereocenters. The second kappa shape index (κ2) is 2.62. The van der Waals surface area contributed by atoms with E-state index in [4.69, 9.17) is 17.5 Å². The van der Waals surface area contributed by atoms with E-state index in [0.29, 0.717) is 17.0 Å². The van der Waals surface area contributed by atoms with Gasteiger partial charge in [-0.2, -0.15) is 10.4 Å². The fourth-order valence-electron chi connectivity index (χ4n) is 0.608. The number of hydrogen-bond acceptors (Lipinski definition) is 3. The van der Waals surface area contributed by atoms with Gasteiger partial charge in [-0.3, -0.25) is 5.10 Å². The van der Waals surface area contributed by atoms with Gasteiger partial charge in [0.05, 0.1) is 12.5 Å². The summed E-state index contributed by atoms with van der Waals surface area (Å²) >= 11 is 4.82. The van der Waals surface area contributed by atoms with Crippen molar-refractivity contribution in [2.24, 2.45) is 7.05 Å². The van der Waals surface area contributed by atoms with Crippen LogP contribution in [0, 0.1) is 16.1 Å². The summed E-state index contributed by atoms with van der Waals surface area (Å²) in [5.74, 6) is 0.674. The smallest absolute Gasteiger partial charge is 0.194 e. The third kappa shape index (κ3) is 1.06. The minimum absolute atomic E-state index is 0.295. The molecule has 0 fully saturated rings. The molecule has 1 heterocycles. The maximum Gasteiger partial charge on any atom is 0.194 e. The van der Waals surface area contributed by atoms with Crippen LogP contribution in [-0.2, 0) is 13.5 Å². The van der Waals surface area contributed by atoms with E-state index in [1.807, 2.05) is 6.07 Å². The second-order valence-corrected chi connectivity index (χ2v) is 2.23. The van der Waals surface area contributed by atoms with Crippen LogP contribution in [0.4, 0.5) is 0 Å². The second-order valence-electron chi connectivity index (χ2n) is 1.84. The zero-order valence-electron chi connectivity index (χ0n) is 5.46. The van der Waals surface area contributed by atoms with Crippen molar-refractivity contribution in [3.63, 3.8) is 0 Å². The standard InChI is InChI=1S/C5H6N4S/c1-9-4(2-3-6)7-8-5(9)10/h2H2,1H3,(H,8,10). The first-order chi connectivity index (χ1) is 4.75. The number of hydrogen-bond donors (Lipinski definition) is 1. The number of nitriles is 1. The predicted octanol–water partition coefficient (Wildman–Crippen LogP) is 0.544. The van der Waals surface area contributed by atoms with E-state index in [9.17, 15) is 0 Å². The molecule has 5 heteroatoms. The van der Waals surface area contributed by atoms with Gasteiger partial charge < -0.3 is 4.57 Å². The molecule has 0 aliphatic rings. The van der Waals surface area contributed by atoms with E-state index in [1.54, 1.807) is 11.6 Å². The topological polar surface area (TPSA) is 57.4 Å². The summed E-state index contributed by atoms with van der Waals surface area (Å²) in [5, 5.41) is 14.7. The van der Waals surface area contributed by atoms with Gasteiger partial charge >= 0.3 is 0 Å². The van der Waals surface area contributed by atoms with E-state index in [1.165, 1.54) is 0 Å². The van der Waals surface area contributed by atoms with Crippen molar-refractivity contribution in [3.8, 4) is 6.07 Å². The Hall–Kier alpha value is -1.15. The van der Waals surface area contributed by atoms with Crippen molar-refractivity contribution in [1.82, 2.24) is 14.8 Å². The molecule has 1 rings (SSSR count). The largest absolute Gasteiger partial charge is 0.306 e. The summed E-state index contributed by atoms with van der Waals surface area (Å²) in [6.45, 7) is 0. The number of aromatic nitrogens is 3. The molecule has 4 nitrogen and oxygen atoms in total. The molecule has 0 aliphatic carbocycles. The molecule has 0 radical (unpaired) electrons. The maximum atomic E-state index is 8.30. The molecule has 1 N–H and O–H groups in total. The fraction of sp³-hybridized carbons (Fsp3) is 0.400. The molecule has 52 valence electrons. The number of nitrogens with zero attached hydrogens (tertiary/aromatic N) is 3. The van der Waals surface area contributed by atoms with E-state index in [-0.39, 0.29) is 0 Å². The molecule has 0 amide bonds. The Bertz CT molecular complexity index is 315. The van der Waals surface area contributed by atoms with Crippen molar-refractivity contribution in [1.29, 1.82) is 5.26 Å². The minimum atomic E-state index is 0.295. The molecule has 0 saturated carbocycles. The van der Waals surface area contributed by atoms with Gasteiger partial charge in [0.1, 0.15) is 5.82 Å². The molecule has 0 aromatic carbocycles. The van der Waals surface area contributed by atoms with Gasteiger partial charge in [0.25, 0.3) is 0 Å². The molecule has 0 bridgehead atoms. The molecule has 1 aromatic heterocycles. The summed E-state index contributed by atoms with van der Waals surface area (Å²) in [5.41, 5.74) is 0. The van der Waals surface area contributed by atoms with Crippen LogP contribution in [-0.4, -0.2) is 14.8 Å². The third-order valence-electron chi connectivity index (χ3n) is 1.21. The summed E-state index contributed by atoms with van der Waals surface area (Å²) < 4.78 is 2.23. The van der Waals surface area contributed by atoms with Crippen molar-refractivity contribution in [3.05, 3.63) is 10.6 Å². The average Bonchev–Trinajstić information content (AvgIpc) is 2.20.